The molecule has 0 amide bonds. The summed E-state index contributed by atoms with van der Waals surface area (Å²) in [4.78, 5) is 20.7. The summed E-state index contributed by atoms with van der Waals surface area (Å²) in [5.41, 5.74) is 7.16. The minimum Gasteiger partial charge on any atom is -0.465 e. The van der Waals surface area contributed by atoms with Crippen LogP contribution in [-0.2, 0) is 22.5 Å². The Labute approximate surface area is 135 Å². The van der Waals surface area contributed by atoms with Gasteiger partial charge in [-0.05, 0) is 31.9 Å². The SMILES string of the molecule is CC#CCn1cnc(C(Cc2ccc(N)nc2)C(=O)OCC)c1. The first kappa shape index (κ1) is 16.6. The number of rotatable bonds is 6. The average molecular weight is 312 g/mol. The van der Waals surface area contributed by atoms with E-state index in [1.807, 2.05) is 16.8 Å². The van der Waals surface area contributed by atoms with E-state index in [1.54, 1.807) is 32.4 Å². The fourth-order valence-corrected chi connectivity index (χ4v) is 2.16. The minimum atomic E-state index is -0.476. The third kappa shape index (κ3) is 4.58. The molecule has 0 bridgehead atoms. The van der Waals surface area contributed by atoms with E-state index in [0.29, 0.717) is 31.1 Å². The maximum absolute atomic E-state index is 12.3. The standard InChI is InChI=1S/C17H20N4O2/c1-3-5-8-21-11-15(20-12-21)14(17(22)23-4-2)9-13-6-7-16(18)19-10-13/h6-7,10-12,14H,4,8-9H2,1-2H3,(H2,18,19). The van der Waals surface area contributed by atoms with Crippen LogP contribution in [0.5, 0.6) is 0 Å². The predicted octanol–water partition coefficient (Wildman–Crippen LogP) is 1.77. The van der Waals surface area contributed by atoms with Gasteiger partial charge in [-0.15, -0.1) is 5.92 Å². The Balaban J connectivity index is 2.22. The molecule has 2 aromatic heterocycles. The number of hydrogen-bond acceptors (Lipinski definition) is 5. The van der Waals surface area contributed by atoms with Crippen LogP contribution in [0.4, 0.5) is 5.82 Å². The van der Waals surface area contributed by atoms with Gasteiger partial charge in [0.2, 0.25) is 0 Å². The number of nitrogen functional groups attached to an aromatic ring is 1. The Morgan fingerprint density at radius 2 is 2.26 bits per heavy atom. The summed E-state index contributed by atoms with van der Waals surface area (Å²) in [5, 5.41) is 0. The van der Waals surface area contributed by atoms with Crippen LogP contribution in [0, 0.1) is 11.8 Å². The molecule has 0 aliphatic heterocycles. The smallest absolute Gasteiger partial charge is 0.315 e. The molecule has 2 aromatic rings. The molecular weight excluding hydrogens is 292 g/mol. The van der Waals surface area contributed by atoms with Gasteiger partial charge in [0, 0.05) is 12.4 Å². The summed E-state index contributed by atoms with van der Waals surface area (Å²) in [6.45, 7) is 4.45. The van der Waals surface area contributed by atoms with Crippen LogP contribution in [-0.4, -0.2) is 27.1 Å². The van der Waals surface area contributed by atoms with Crippen molar-refractivity contribution in [1.29, 1.82) is 0 Å². The summed E-state index contributed by atoms with van der Waals surface area (Å²) in [6, 6.07) is 3.57. The largest absolute Gasteiger partial charge is 0.465 e. The molecule has 2 heterocycles. The third-order valence-corrected chi connectivity index (χ3v) is 3.31. The number of carbonyl (C=O) groups is 1. The quantitative estimate of drug-likeness (QED) is 0.649. The van der Waals surface area contributed by atoms with E-state index in [1.165, 1.54) is 0 Å². The molecule has 0 aliphatic carbocycles. The summed E-state index contributed by atoms with van der Waals surface area (Å²) in [6.07, 6.45) is 5.63. The van der Waals surface area contributed by atoms with E-state index in [0.717, 1.165) is 5.56 Å². The van der Waals surface area contributed by atoms with Gasteiger partial charge in [-0.1, -0.05) is 12.0 Å². The zero-order valence-corrected chi connectivity index (χ0v) is 13.3. The molecule has 0 fully saturated rings. The van der Waals surface area contributed by atoms with E-state index in [2.05, 4.69) is 21.8 Å². The number of carbonyl (C=O) groups excluding carboxylic acids is 1. The van der Waals surface area contributed by atoms with Crippen molar-refractivity contribution in [2.45, 2.75) is 32.7 Å². The molecule has 0 aromatic carbocycles. The predicted molar refractivity (Wildman–Crippen MR) is 87.4 cm³/mol. The zero-order valence-electron chi connectivity index (χ0n) is 13.3. The highest BCUT2D eigenvalue weighted by Gasteiger charge is 2.25. The van der Waals surface area contributed by atoms with Crippen LogP contribution in [0.15, 0.2) is 30.9 Å². The lowest BCUT2D eigenvalue weighted by Gasteiger charge is -2.13. The lowest BCUT2D eigenvalue weighted by atomic mass is 9.97. The first-order chi connectivity index (χ1) is 11.1. The number of nitrogens with two attached hydrogens (primary N) is 1. The number of hydrogen-bond donors (Lipinski definition) is 1. The average Bonchev–Trinajstić information content (AvgIpc) is 3.01. The van der Waals surface area contributed by atoms with Crippen LogP contribution in [0.2, 0.25) is 0 Å². The van der Waals surface area contributed by atoms with Gasteiger partial charge in [0.1, 0.15) is 11.7 Å². The second-order valence-corrected chi connectivity index (χ2v) is 5.00. The van der Waals surface area contributed by atoms with Crippen molar-refractivity contribution in [2.24, 2.45) is 0 Å². The van der Waals surface area contributed by atoms with Crippen molar-refractivity contribution in [2.75, 3.05) is 12.3 Å². The molecule has 1 unspecified atom stereocenters. The summed E-state index contributed by atoms with van der Waals surface area (Å²) >= 11 is 0. The summed E-state index contributed by atoms with van der Waals surface area (Å²) in [5.74, 6) is 5.47. The molecule has 2 rings (SSSR count). The van der Waals surface area contributed by atoms with Gasteiger partial charge < -0.3 is 15.0 Å². The molecule has 6 heteroatoms. The van der Waals surface area contributed by atoms with Gasteiger partial charge in [-0.25, -0.2) is 9.97 Å². The van der Waals surface area contributed by atoms with Crippen molar-refractivity contribution < 1.29 is 9.53 Å². The van der Waals surface area contributed by atoms with Crippen molar-refractivity contribution >= 4 is 11.8 Å². The second kappa shape index (κ2) is 7.99. The molecule has 0 radical (unpaired) electrons. The van der Waals surface area contributed by atoms with Crippen LogP contribution in [0.3, 0.4) is 0 Å². The minimum absolute atomic E-state index is 0.295. The number of esters is 1. The third-order valence-electron chi connectivity index (χ3n) is 3.31. The molecule has 0 saturated heterocycles. The van der Waals surface area contributed by atoms with Gasteiger partial charge in [0.05, 0.1) is 25.2 Å². The molecular formula is C17H20N4O2. The Kier molecular flexibility index (Phi) is 5.75. The first-order valence-electron chi connectivity index (χ1n) is 7.42. The highest BCUT2D eigenvalue weighted by atomic mass is 16.5. The molecule has 0 saturated carbocycles. The summed E-state index contributed by atoms with van der Waals surface area (Å²) in [7, 11) is 0. The van der Waals surface area contributed by atoms with Crippen LogP contribution >= 0.6 is 0 Å². The normalized spacial score (nSPS) is 11.4. The lowest BCUT2D eigenvalue weighted by Crippen LogP contribution is -2.19. The zero-order chi connectivity index (χ0) is 16.7. The number of ether oxygens (including phenoxy) is 1. The molecule has 120 valence electrons. The van der Waals surface area contributed by atoms with Crippen molar-refractivity contribution in [3.63, 3.8) is 0 Å². The maximum Gasteiger partial charge on any atom is 0.315 e. The number of imidazole rings is 1. The molecule has 0 spiro atoms. The van der Waals surface area contributed by atoms with E-state index in [-0.39, 0.29) is 5.97 Å². The van der Waals surface area contributed by atoms with Crippen molar-refractivity contribution in [3.8, 4) is 11.8 Å². The number of pyridine rings is 1. The Bertz CT molecular complexity index is 710. The monoisotopic (exact) mass is 312 g/mol. The fraction of sp³-hybridized carbons (Fsp3) is 0.353. The van der Waals surface area contributed by atoms with Crippen molar-refractivity contribution in [3.05, 3.63) is 42.1 Å². The van der Waals surface area contributed by atoms with E-state index in [4.69, 9.17) is 10.5 Å². The van der Waals surface area contributed by atoms with Crippen molar-refractivity contribution in [1.82, 2.24) is 14.5 Å². The lowest BCUT2D eigenvalue weighted by molar-refractivity contribution is -0.145. The highest BCUT2D eigenvalue weighted by molar-refractivity contribution is 5.77. The number of anilines is 1. The molecule has 23 heavy (non-hydrogen) atoms. The second-order valence-electron chi connectivity index (χ2n) is 5.00. The van der Waals surface area contributed by atoms with Crippen LogP contribution in [0.1, 0.15) is 31.0 Å². The Morgan fingerprint density at radius 1 is 1.43 bits per heavy atom. The van der Waals surface area contributed by atoms with Gasteiger partial charge in [-0.2, -0.15) is 0 Å². The highest BCUT2D eigenvalue weighted by Crippen LogP contribution is 2.21. The van der Waals surface area contributed by atoms with Crippen LogP contribution < -0.4 is 5.73 Å². The van der Waals surface area contributed by atoms with Gasteiger partial charge in [-0.3, -0.25) is 4.79 Å². The Morgan fingerprint density at radius 3 is 2.91 bits per heavy atom. The molecule has 6 nitrogen and oxygen atoms in total. The van der Waals surface area contributed by atoms with Gasteiger partial charge in [0.15, 0.2) is 0 Å². The van der Waals surface area contributed by atoms with Crippen LogP contribution in [0.25, 0.3) is 0 Å². The summed E-state index contributed by atoms with van der Waals surface area (Å²) < 4.78 is 7.03. The first-order valence-corrected chi connectivity index (χ1v) is 7.42. The topological polar surface area (TPSA) is 83.0 Å². The van der Waals surface area contributed by atoms with E-state index >= 15 is 0 Å². The van der Waals surface area contributed by atoms with Gasteiger partial charge in [0.25, 0.3) is 0 Å². The molecule has 1 atom stereocenters. The van der Waals surface area contributed by atoms with E-state index < -0.39 is 5.92 Å². The molecule has 0 aliphatic rings. The number of nitrogens with zero attached hydrogens (tertiary/aromatic N) is 3. The van der Waals surface area contributed by atoms with Gasteiger partial charge >= 0.3 is 5.97 Å². The maximum atomic E-state index is 12.3. The Hall–Kier alpha value is -2.81. The number of aromatic nitrogens is 3. The fourth-order valence-electron chi connectivity index (χ4n) is 2.16. The molecule has 2 N–H and O–H groups in total. The van der Waals surface area contributed by atoms with E-state index in [9.17, 15) is 4.79 Å².